The van der Waals surface area contributed by atoms with Crippen LogP contribution >= 0.6 is 0 Å². The Labute approximate surface area is 138 Å². The zero-order valence-electron chi connectivity index (χ0n) is 14.0. The van der Waals surface area contributed by atoms with E-state index in [1.165, 1.54) is 19.3 Å². The maximum Gasteiger partial charge on any atom is 0.263 e. The lowest BCUT2D eigenvalue weighted by Gasteiger charge is -2.29. The minimum absolute atomic E-state index is 0.157. The van der Waals surface area contributed by atoms with Crippen LogP contribution in [-0.2, 0) is 9.53 Å². The summed E-state index contributed by atoms with van der Waals surface area (Å²) in [5.41, 5.74) is 0.157. The monoisotopic (exact) mass is 320 g/mol. The van der Waals surface area contributed by atoms with Gasteiger partial charge in [0, 0.05) is 38.4 Å². The molecule has 0 radical (unpaired) electrons. The number of amides is 1. The van der Waals surface area contributed by atoms with Gasteiger partial charge in [0.25, 0.3) is 5.91 Å². The molecule has 6 nitrogen and oxygen atoms in total. The third-order valence-corrected chi connectivity index (χ3v) is 4.74. The molecule has 0 bridgehead atoms. The molecule has 1 amide bonds. The van der Waals surface area contributed by atoms with Crippen LogP contribution in [0.15, 0.2) is 11.8 Å². The van der Waals surface area contributed by atoms with Crippen molar-refractivity contribution < 1.29 is 9.53 Å². The van der Waals surface area contributed by atoms with Gasteiger partial charge >= 0.3 is 0 Å². The fourth-order valence-corrected chi connectivity index (χ4v) is 3.15. The maximum absolute atomic E-state index is 12.1. The number of nitrogens with zero attached hydrogens (tertiary/aromatic N) is 2. The molecule has 0 aromatic rings. The van der Waals surface area contributed by atoms with E-state index < -0.39 is 0 Å². The van der Waals surface area contributed by atoms with Crippen LogP contribution in [0.25, 0.3) is 0 Å². The average Bonchev–Trinajstić information content (AvgIpc) is 2.58. The predicted octanol–water partition coefficient (Wildman–Crippen LogP) is 1.01. The molecular weight excluding hydrogens is 292 g/mol. The first-order valence-electron chi connectivity index (χ1n) is 8.65. The predicted molar refractivity (Wildman–Crippen MR) is 88.5 cm³/mol. The van der Waals surface area contributed by atoms with Gasteiger partial charge in [0.15, 0.2) is 0 Å². The molecule has 2 unspecified atom stereocenters. The van der Waals surface area contributed by atoms with Gasteiger partial charge in [0.1, 0.15) is 11.6 Å². The molecule has 1 saturated carbocycles. The minimum atomic E-state index is -0.295. The average molecular weight is 320 g/mol. The molecule has 0 aromatic heterocycles. The summed E-state index contributed by atoms with van der Waals surface area (Å²) >= 11 is 0. The van der Waals surface area contributed by atoms with Crippen LogP contribution in [0.2, 0.25) is 0 Å². The molecule has 1 aliphatic carbocycles. The van der Waals surface area contributed by atoms with E-state index in [0.29, 0.717) is 18.5 Å². The summed E-state index contributed by atoms with van der Waals surface area (Å²) in [6, 6.07) is 2.37. The molecule has 1 aliphatic heterocycles. The molecule has 128 valence electrons. The van der Waals surface area contributed by atoms with E-state index in [-0.39, 0.29) is 11.5 Å². The Hall–Kier alpha value is -1.58. The van der Waals surface area contributed by atoms with Crippen molar-refractivity contribution in [2.24, 2.45) is 5.92 Å². The van der Waals surface area contributed by atoms with Crippen molar-refractivity contribution in [3.63, 3.8) is 0 Å². The molecule has 2 N–H and O–H groups in total. The van der Waals surface area contributed by atoms with Crippen molar-refractivity contribution in [2.75, 3.05) is 39.4 Å². The lowest BCUT2D eigenvalue weighted by molar-refractivity contribution is -0.117. The van der Waals surface area contributed by atoms with Crippen LogP contribution in [0.4, 0.5) is 0 Å². The molecule has 2 atom stereocenters. The summed E-state index contributed by atoms with van der Waals surface area (Å²) in [5, 5.41) is 15.3. The van der Waals surface area contributed by atoms with Crippen molar-refractivity contribution in [2.45, 2.75) is 38.6 Å². The number of rotatable bonds is 6. The molecule has 23 heavy (non-hydrogen) atoms. The highest BCUT2D eigenvalue weighted by Crippen LogP contribution is 2.23. The summed E-state index contributed by atoms with van der Waals surface area (Å²) in [5.74, 6) is 0.293. The molecule has 2 rings (SSSR count). The highest BCUT2D eigenvalue weighted by atomic mass is 16.5. The molecule has 1 saturated heterocycles. The quantitative estimate of drug-likeness (QED) is 0.564. The van der Waals surface area contributed by atoms with Crippen LogP contribution in [0.5, 0.6) is 0 Å². The van der Waals surface area contributed by atoms with E-state index in [0.717, 1.165) is 39.3 Å². The molecule has 1 heterocycles. The lowest BCUT2D eigenvalue weighted by atomic mass is 9.86. The second kappa shape index (κ2) is 9.53. The Kier molecular flexibility index (Phi) is 7.37. The first kappa shape index (κ1) is 17.8. The summed E-state index contributed by atoms with van der Waals surface area (Å²) in [6.07, 6.45) is 6.39. The first-order chi connectivity index (χ1) is 11.2. The van der Waals surface area contributed by atoms with Crippen molar-refractivity contribution in [3.05, 3.63) is 11.8 Å². The van der Waals surface area contributed by atoms with Gasteiger partial charge in [0.2, 0.25) is 0 Å². The lowest BCUT2D eigenvalue weighted by Crippen LogP contribution is -2.41. The largest absolute Gasteiger partial charge is 0.387 e. The smallest absolute Gasteiger partial charge is 0.263 e. The van der Waals surface area contributed by atoms with Gasteiger partial charge in [-0.1, -0.05) is 19.8 Å². The number of carbonyl (C=O) groups excluding carboxylic acids is 1. The normalized spacial score (nSPS) is 26.3. The Bertz CT molecular complexity index is 452. The number of nitrogens with one attached hydrogen (secondary N) is 2. The highest BCUT2D eigenvalue weighted by molar-refractivity contribution is 5.97. The Balaban J connectivity index is 1.73. The highest BCUT2D eigenvalue weighted by Gasteiger charge is 2.20. The summed E-state index contributed by atoms with van der Waals surface area (Å²) in [7, 11) is 0. The first-order valence-corrected chi connectivity index (χ1v) is 8.65. The Morgan fingerprint density at radius 2 is 2.09 bits per heavy atom. The van der Waals surface area contributed by atoms with E-state index >= 15 is 0 Å². The van der Waals surface area contributed by atoms with Gasteiger partial charge in [-0.25, -0.2) is 0 Å². The minimum Gasteiger partial charge on any atom is -0.387 e. The summed E-state index contributed by atoms with van der Waals surface area (Å²) < 4.78 is 5.29. The fraction of sp³-hybridized carbons (Fsp3) is 0.765. The fourth-order valence-electron chi connectivity index (χ4n) is 3.15. The maximum atomic E-state index is 12.1. The van der Waals surface area contributed by atoms with E-state index in [1.807, 2.05) is 6.07 Å². The van der Waals surface area contributed by atoms with Gasteiger partial charge in [-0.15, -0.1) is 0 Å². The van der Waals surface area contributed by atoms with Gasteiger partial charge in [-0.2, -0.15) is 5.26 Å². The number of hydrogen-bond acceptors (Lipinski definition) is 5. The van der Waals surface area contributed by atoms with E-state index in [2.05, 4.69) is 22.5 Å². The van der Waals surface area contributed by atoms with Crippen LogP contribution < -0.4 is 10.6 Å². The number of carbonyl (C=O) groups is 1. The van der Waals surface area contributed by atoms with Crippen molar-refractivity contribution >= 4 is 5.91 Å². The zero-order chi connectivity index (χ0) is 16.5. The molecular formula is C17H28N4O2. The number of ether oxygens (including phenoxy) is 1. The molecule has 0 aromatic carbocycles. The van der Waals surface area contributed by atoms with Crippen LogP contribution in [0.3, 0.4) is 0 Å². The zero-order valence-corrected chi connectivity index (χ0v) is 14.0. The number of morpholine rings is 1. The van der Waals surface area contributed by atoms with Crippen molar-refractivity contribution in [1.29, 1.82) is 5.26 Å². The third-order valence-electron chi connectivity index (χ3n) is 4.74. The van der Waals surface area contributed by atoms with E-state index in [9.17, 15) is 10.1 Å². The molecule has 0 spiro atoms. The topological polar surface area (TPSA) is 77.4 Å². The molecule has 6 heteroatoms. The SMILES string of the molecule is CC1CCCCC1N/C=C(/C#N)C(=O)NCCN1CCOCC1. The standard InChI is InChI=1S/C17H28N4O2/c1-14-4-2-3-5-16(14)20-13-15(12-18)17(22)19-6-7-21-8-10-23-11-9-21/h13-14,16,20H,2-11H2,1H3,(H,19,22)/b15-13-. The second-order valence-corrected chi connectivity index (χ2v) is 6.41. The van der Waals surface area contributed by atoms with Crippen LogP contribution in [-0.4, -0.2) is 56.2 Å². The molecule has 2 aliphatic rings. The van der Waals surface area contributed by atoms with Gasteiger partial charge in [0.05, 0.1) is 13.2 Å². The van der Waals surface area contributed by atoms with Gasteiger partial charge < -0.3 is 15.4 Å². The van der Waals surface area contributed by atoms with Crippen molar-refractivity contribution in [3.8, 4) is 6.07 Å². The van der Waals surface area contributed by atoms with E-state index in [4.69, 9.17) is 4.74 Å². The van der Waals surface area contributed by atoms with Crippen molar-refractivity contribution in [1.82, 2.24) is 15.5 Å². The van der Waals surface area contributed by atoms with Gasteiger partial charge in [-0.3, -0.25) is 9.69 Å². The second-order valence-electron chi connectivity index (χ2n) is 6.41. The Morgan fingerprint density at radius 1 is 1.35 bits per heavy atom. The van der Waals surface area contributed by atoms with Crippen LogP contribution in [0.1, 0.15) is 32.6 Å². The summed E-state index contributed by atoms with van der Waals surface area (Å²) in [4.78, 5) is 14.3. The summed E-state index contributed by atoms with van der Waals surface area (Å²) in [6.45, 7) is 6.87. The van der Waals surface area contributed by atoms with E-state index in [1.54, 1.807) is 6.20 Å². The third kappa shape index (κ3) is 5.85. The number of nitriles is 1. The Morgan fingerprint density at radius 3 is 2.78 bits per heavy atom. The molecule has 2 fully saturated rings. The van der Waals surface area contributed by atoms with Gasteiger partial charge in [-0.05, 0) is 18.8 Å². The van der Waals surface area contributed by atoms with Crippen LogP contribution in [0, 0.1) is 17.2 Å². The number of hydrogen-bond donors (Lipinski definition) is 2.